The molecule has 1 saturated heterocycles. The van der Waals surface area contributed by atoms with Crippen LogP contribution in [0.25, 0.3) is 0 Å². The molecule has 2 rings (SSSR count). The van der Waals surface area contributed by atoms with Gasteiger partial charge in [0, 0.05) is 13.1 Å². The van der Waals surface area contributed by atoms with E-state index in [2.05, 4.69) is 15.3 Å². The Kier molecular flexibility index (Phi) is 4.32. The molecule has 1 aliphatic heterocycles. The van der Waals surface area contributed by atoms with Crippen LogP contribution in [0.3, 0.4) is 0 Å². The molecule has 1 N–H and O–H groups in total. The van der Waals surface area contributed by atoms with Crippen molar-refractivity contribution in [3.05, 3.63) is 23.2 Å². The highest BCUT2D eigenvalue weighted by Crippen LogP contribution is 2.15. The average Bonchev–Trinajstić information content (AvgIpc) is 2.30. The van der Waals surface area contributed by atoms with E-state index < -0.39 is 5.60 Å². The van der Waals surface area contributed by atoms with E-state index in [1.165, 1.54) is 17.3 Å². The first-order valence-electron chi connectivity index (χ1n) is 6.51. The number of likely N-dealkylation sites (tertiary alicyclic amines) is 1. The molecule has 2 heterocycles. The van der Waals surface area contributed by atoms with Crippen LogP contribution in [0.5, 0.6) is 0 Å². The van der Waals surface area contributed by atoms with E-state index in [-0.39, 0.29) is 28.9 Å². The fraction of sp³-hybridized carbons (Fsp3) is 0.538. The Bertz CT molecular complexity index is 553. The molecule has 0 aliphatic carbocycles. The van der Waals surface area contributed by atoms with Gasteiger partial charge in [-0.15, -0.1) is 0 Å². The molecule has 0 radical (unpaired) electrons. The predicted octanol–water partition coefficient (Wildman–Crippen LogP) is 1.48. The minimum absolute atomic E-state index is 0.120. The van der Waals surface area contributed by atoms with Crippen LogP contribution in [0.1, 0.15) is 31.3 Å². The monoisotopic (exact) mass is 312 g/mol. The summed E-state index contributed by atoms with van der Waals surface area (Å²) in [6.07, 6.45) is 2.31. The van der Waals surface area contributed by atoms with E-state index >= 15 is 0 Å². The zero-order valence-electron chi connectivity index (χ0n) is 12.1. The first-order valence-corrected chi connectivity index (χ1v) is 6.89. The van der Waals surface area contributed by atoms with E-state index in [4.69, 9.17) is 16.3 Å². The number of aromatic nitrogens is 2. The van der Waals surface area contributed by atoms with Crippen LogP contribution >= 0.6 is 11.6 Å². The molecule has 8 heteroatoms. The van der Waals surface area contributed by atoms with Crippen molar-refractivity contribution in [3.63, 3.8) is 0 Å². The predicted molar refractivity (Wildman–Crippen MR) is 76.1 cm³/mol. The summed E-state index contributed by atoms with van der Waals surface area (Å²) in [5.41, 5.74) is -0.375. The van der Waals surface area contributed by atoms with Gasteiger partial charge in [0.05, 0.1) is 18.4 Å². The van der Waals surface area contributed by atoms with Gasteiger partial charge in [0.15, 0.2) is 0 Å². The maximum Gasteiger partial charge on any atom is 0.410 e. The topological polar surface area (TPSA) is 84.4 Å². The fourth-order valence-electron chi connectivity index (χ4n) is 1.76. The van der Waals surface area contributed by atoms with Gasteiger partial charge < -0.3 is 15.0 Å². The zero-order chi connectivity index (χ0) is 15.6. The van der Waals surface area contributed by atoms with Gasteiger partial charge in [-0.05, 0) is 20.8 Å². The summed E-state index contributed by atoms with van der Waals surface area (Å²) in [5.74, 6) is -0.362. The number of amides is 2. The van der Waals surface area contributed by atoms with Gasteiger partial charge in [-0.1, -0.05) is 11.6 Å². The molecule has 1 aromatic rings. The highest BCUT2D eigenvalue weighted by Gasteiger charge is 2.34. The summed E-state index contributed by atoms with van der Waals surface area (Å²) >= 11 is 5.68. The van der Waals surface area contributed by atoms with Crippen molar-refractivity contribution in [1.29, 1.82) is 0 Å². The lowest BCUT2D eigenvalue weighted by Crippen LogP contribution is -2.61. The van der Waals surface area contributed by atoms with Crippen LogP contribution in [0.4, 0.5) is 4.79 Å². The smallest absolute Gasteiger partial charge is 0.410 e. The van der Waals surface area contributed by atoms with Gasteiger partial charge in [-0.25, -0.2) is 9.78 Å². The Morgan fingerprint density at radius 3 is 2.62 bits per heavy atom. The molecule has 0 bridgehead atoms. The maximum absolute atomic E-state index is 11.9. The fourth-order valence-corrected chi connectivity index (χ4v) is 1.90. The Hall–Kier alpha value is -1.89. The van der Waals surface area contributed by atoms with E-state index in [0.29, 0.717) is 13.1 Å². The number of carbonyl (C=O) groups excluding carboxylic acids is 2. The van der Waals surface area contributed by atoms with Gasteiger partial charge in [0.1, 0.15) is 16.4 Å². The summed E-state index contributed by atoms with van der Waals surface area (Å²) in [5, 5.41) is 2.92. The molecule has 2 amide bonds. The molecule has 1 aliphatic rings. The van der Waals surface area contributed by atoms with Gasteiger partial charge in [-0.3, -0.25) is 9.78 Å². The second-order valence-electron chi connectivity index (χ2n) is 5.78. The van der Waals surface area contributed by atoms with Crippen molar-refractivity contribution in [2.24, 2.45) is 0 Å². The molecule has 7 nitrogen and oxygen atoms in total. The lowest BCUT2D eigenvalue weighted by molar-refractivity contribution is 0.00531. The molecule has 1 fully saturated rings. The molecule has 0 unspecified atom stereocenters. The van der Waals surface area contributed by atoms with Crippen molar-refractivity contribution < 1.29 is 14.3 Å². The number of nitrogens with one attached hydrogen (secondary N) is 1. The summed E-state index contributed by atoms with van der Waals surface area (Å²) in [6, 6.07) is -0.120. The molecular weight excluding hydrogens is 296 g/mol. The first-order chi connectivity index (χ1) is 9.74. The van der Waals surface area contributed by atoms with Crippen LogP contribution in [-0.4, -0.2) is 51.6 Å². The third kappa shape index (κ3) is 4.29. The molecule has 0 aromatic carbocycles. The molecule has 114 valence electrons. The van der Waals surface area contributed by atoms with E-state index in [0.717, 1.165) is 0 Å². The number of carbonyl (C=O) groups is 2. The molecule has 0 atom stereocenters. The Morgan fingerprint density at radius 1 is 1.38 bits per heavy atom. The van der Waals surface area contributed by atoms with Crippen molar-refractivity contribution in [1.82, 2.24) is 20.2 Å². The maximum atomic E-state index is 11.9. The van der Waals surface area contributed by atoms with E-state index in [9.17, 15) is 9.59 Å². The molecular formula is C13H17ClN4O3. The first kappa shape index (κ1) is 15.5. The average molecular weight is 313 g/mol. The molecule has 0 spiro atoms. The SMILES string of the molecule is CC(C)(C)OC(=O)N1CC(NC(=O)c2cncc(Cl)n2)C1. The lowest BCUT2D eigenvalue weighted by Gasteiger charge is -2.39. The van der Waals surface area contributed by atoms with Crippen LogP contribution < -0.4 is 5.32 Å². The second-order valence-corrected chi connectivity index (χ2v) is 6.17. The van der Waals surface area contributed by atoms with Crippen LogP contribution in [-0.2, 0) is 4.74 Å². The van der Waals surface area contributed by atoms with Crippen LogP contribution in [0.2, 0.25) is 5.15 Å². The van der Waals surface area contributed by atoms with E-state index in [1.54, 1.807) is 0 Å². The summed E-state index contributed by atoms with van der Waals surface area (Å²) in [7, 11) is 0. The highest BCUT2D eigenvalue weighted by atomic mass is 35.5. The largest absolute Gasteiger partial charge is 0.444 e. The van der Waals surface area contributed by atoms with Crippen molar-refractivity contribution >= 4 is 23.6 Å². The van der Waals surface area contributed by atoms with Gasteiger partial charge >= 0.3 is 6.09 Å². The van der Waals surface area contributed by atoms with Crippen molar-refractivity contribution in [2.75, 3.05) is 13.1 Å². The normalized spacial score (nSPS) is 15.3. The van der Waals surface area contributed by atoms with Crippen molar-refractivity contribution in [3.8, 4) is 0 Å². The number of hydrogen-bond donors (Lipinski definition) is 1. The lowest BCUT2D eigenvalue weighted by atomic mass is 10.1. The highest BCUT2D eigenvalue weighted by molar-refractivity contribution is 6.29. The van der Waals surface area contributed by atoms with Gasteiger partial charge in [-0.2, -0.15) is 0 Å². The number of rotatable bonds is 2. The van der Waals surface area contributed by atoms with Crippen LogP contribution in [0.15, 0.2) is 12.4 Å². The van der Waals surface area contributed by atoms with E-state index in [1.807, 2.05) is 20.8 Å². The Labute approximate surface area is 127 Å². The second kappa shape index (κ2) is 5.85. The minimum atomic E-state index is -0.526. The quantitative estimate of drug-likeness (QED) is 0.894. The third-order valence-corrected chi connectivity index (χ3v) is 2.89. The van der Waals surface area contributed by atoms with Crippen molar-refractivity contribution in [2.45, 2.75) is 32.4 Å². The standard InChI is InChI=1S/C13H17ClN4O3/c1-13(2,3)21-12(20)18-6-8(7-18)16-11(19)9-4-15-5-10(14)17-9/h4-5,8H,6-7H2,1-3H3,(H,16,19). The summed E-state index contributed by atoms with van der Waals surface area (Å²) < 4.78 is 5.23. The number of ether oxygens (including phenoxy) is 1. The Morgan fingerprint density at radius 2 is 2.05 bits per heavy atom. The minimum Gasteiger partial charge on any atom is -0.444 e. The number of halogens is 1. The van der Waals surface area contributed by atoms with Crippen LogP contribution in [0, 0.1) is 0 Å². The van der Waals surface area contributed by atoms with Gasteiger partial charge in [0.25, 0.3) is 5.91 Å². The third-order valence-electron chi connectivity index (χ3n) is 2.71. The zero-order valence-corrected chi connectivity index (χ0v) is 12.8. The van der Waals surface area contributed by atoms with Gasteiger partial charge in [0.2, 0.25) is 0 Å². The molecule has 0 saturated carbocycles. The Balaban J connectivity index is 1.80. The molecule has 21 heavy (non-hydrogen) atoms. The number of nitrogens with zero attached hydrogens (tertiary/aromatic N) is 3. The number of hydrogen-bond acceptors (Lipinski definition) is 5. The molecule has 1 aromatic heterocycles. The summed E-state index contributed by atoms with van der Waals surface area (Å²) in [4.78, 5) is 32.8. The summed E-state index contributed by atoms with van der Waals surface area (Å²) in [6.45, 7) is 6.24.